The first-order valence-electron chi connectivity index (χ1n) is 5.22. The molecule has 0 saturated heterocycles. The minimum atomic E-state index is -1.40. The SMILES string of the molecule is CO[SiH](OC)C(C)CCCNCCN. The second kappa shape index (κ2) is 9.61. The van der Waals surface area contributed by atoms with Gasteiger partial charge in [0.1, 0.15) is 0 Å². The van der Waals surface area contributed by atoms with Crippen molar-refractivity contribution in [3.05, 3.63) is 0 Å². The molecule has 0 aliphatic heterocycles. The van der Waals surface area contributed by atoms with Crippen molar-refractivity contribution in [1.82, 2.24) is 5.32 Å². The van der Waals surface area contributed by atoms with Crippen LogP contribution in [0.4, 0.5) is 0 Å². The van der Waals surface area contributed by atoms with Crippen LogP contribution in [-0.4, -0.2) is 43.1 Å². The Morgan fingerprint density at radius 3 is 2.43 bits per heavy atom. The van der Waals surface area contributed by atoms with Crippen molar-refractivity contribution >= 4 is 9.28 Å². The molecule has 0 aliphatic carbocycles. The summed E-state index contributed by atoms with van der Waals surface area (Å²) in [6, 6.07) is 0. The van der Waals surface area contributed by atoms with Crippen molar-refractivity contribution in [2.24, 2.45) is 5.73 Å². The molecule has 0 aromatic rings. The molecular formula is C9H24N2O2Si. The number of nitrogens with two attached hydrogens (primary N) is 1. The lowest BCUT2D eigenvalue weighted by Gasteiger charge is -2.18. The largest absolute Gasteiger partial charge is 0.400 e. The molecule has 0 rings (SSSR count). The topological polar surface area (TPSA) is 56.5 Å². The van der Waals surface area contributed by atoms with Gasteiger partial charge in [0.05, 0.1) is 0 Å². The van der Waals surface area contributed by atoms with E-state index in [1.54, 1.807) is 14.2 Å². The molecule has 0 aliphatic rings. The molecule has 14 heavy (non-hydrogen) atoms. The normalized spacial score (nSPS) is 13.5. The highest BCUT2D eigenvalue weighted by Crippen LogP contribution is 2.16. The number of hydrogen-bond acceptors (Lipinski definition) is 4. The number of nitrogens with one attached hydrogen (secondary N) is 1. The highest BCUT2D eigenvalue weighted by atomic mass is 28.3. The van der Waals surface area contributed by atoms with E-state index in [-0.39, 0.29) is 0 Å². The second-order valence-electron chi connectivity index (χ2n) is 3.50. The Balaban J connectivity index is 3.37. The van der Waals surface area contributed by atoms with Crippen LogP contribution < -0.4 is 11.1 Å². The third-order valence-corrected chi connectivity index (χ3v) is 4.46. The van der Waals surface area contributed by atoms with E-state index >= 15 is 0 Å². The second-order valence-corrected chi connectivity index (χ2v) is 6.32. The van der Waals surface area contributed by atoms with Crippen LogP contribution in [0.5, 0.6) is 0 Å². The zero-order chi connectivity index (χ0) is 10.8. The Hall–Kier alpha value is 0.0569. The minimum Gasteiger partial charge on any atom is -0.400 e. The molecule has 0 radical (unpaired) electrons. The summed E-state index contributed by atoms with van der Waals surface area (Å²) in [6.45, 7) is 4.86. The van der Waals surface area contributed by atoms with Crippen molar-refractivity contribution in [2.45, 2.75) is 25.3 Å². The van der Waals surface area contributed by atoms with Gasteiger partial charge in [-0.1, -0.05) is 6.92 Å². The molecule has 0 spiro atoms. The number of hydrogen-bond donors (Lipinski definition) is 2. The van der Waals surface area contributed by atoms with Crippen LogP contribution in [0, 0.1) is 0 Å². The maximum atomic E-state index is 5.37. The van der Waals surface area contributed by atoms with E-state index in [0.717, 1.165) is 25.9 Å². The fourth-order valence-corrected chi connectivity index (χ4v) is 3.10. The average molecular weight is 220 g/mol. The summed E-state index contributed by atoms with van der Waals surface area (Å²) < 4.78 is 10.6. The summed E-state index contributed by atoms with van der Waals surface area (Å²) in [4.78, 5) is 0. The first-order chi connectivity index (χ1) is 6.76. The first kappa shape index (κ1) is 14.1. The maximum Gasteiger partial charge on any atom is 0.323 e. The van der Waals surface area contributed by atoms with Crippen molar-refractivity contribution < 1.29 is 8.85 Å². The highest BCUT2D eigenvalue weighted by Gasteiger charge is 2.18. The van der Waals surface area contributed by atoms with Crippen molar-refractivity contribution in [1.29, 1.82) is 0 Å². The third-order valence-electron chi connectivity index (χ3n) is 2.26. The molecule has 5 heteroatoms. The molecule has 0 heterocycles. The van der Waals surface area contributed by atoms with Crippen LogP contribution in [0.25, 0.3) is 0 Å². The summed E-state index contributed by atoms with van der Waals surface area (Å²) >= 11 is 0. The molecule has 0 bridgehead atoms. The smallest absolute Gasteiger partial charge is 0.323 e. The predicted molar refractivity (Wildman–Crippen MR) is 61.7 cm³/mol. The predicted octanol–water partition coefficient (Wildman–Crippen LogP) is 0.218. The van der Waals surface area contributed by atoms with Crippen molar-refractivity contribution in [3.8, 4) is 0 Å². The monoisotopic (exact) mass is 220 g/mol. The van der Waals surface area contributed by atoms with Gasteiger partial charge >= 0.3 is 9.28 Å². The van der Waals surface area contributed by atoms with E-state index < -0.39 is 9.28 Å². The summed E-state index contributed by atoms with van der Waals surface area (Å²) in [5.74, 6) is 0. The lowest BCUT2D eigenvalue weighted by molar-refractivity contribution is 0.264. The molecular weight excluding hydrogens is 196 g/mol. The Morgan fingerprint density at radius 2 is 1.93 bits per heavy atom. The van der Waals surface area contributed by atoms with Crippen molar-refractivity contribution in [2.75, 3.05) is 33.9 Å². The summed E-state index contributed by atoms with van der Waals surface area (Å²) in [6.07, 6.45) is 2.33. The van der Waals surface area contributed by atoms with Crippen LogP contribution in [0.3, 0.4) is 0 Å². The van der Waals surface area contributed by atoms with Gasteiger partial charge < -0.3 is 19.9 Å². The molecule has 0 saturated carbocycles. The van der Waals surface area contributed by atoms with Crippen LogP contribution in [0.2, 0.25) is 5.54 Å². The van der Waals surface area contributed by atoms with Gasteiger partial charge in [0.25, 0.3) is 0 Å². The molecule has 0 aromatic carbocycles. The van der Waals surface area contributed by atoms with Gasteiger partial charge in [0.15, 0.2) is 0 Å². The molecule has 4 nitrogen and oxygen atoms in total. The lowest BCUT2D eigenvalue weighted by atomic mass is 10.2. The Bertz CT molecular complexity index is 123. The van der Waals surface area contributed by atoms with Gasteiger partial charge in [-0.05, 0) is 24.9 Å². The lowest BCUT2D eigenvalue weighted by Crippen LogP contribution is -2.26. The molecule has 0 fully saturated rings. The van der Waals surface area contributed by atoms with E-state index in [9.17, 15) is 0 Å². The van der Waals surface area contributed by atoms with E-state index in [1.807, 2.05) is 0 Å². The Labute approximate surface area is 89.0 Å². The zero-order valence-electron chi connectivity index (χ0n) is 9.58. The molecule has 1 atom stereocenters. The zero-order valence-corrected chi connectivity index (χ0v) is 10.7. The highest BCUT2D eigenvalue weighted by molar-refractivity contribution is 6.46. The molecule has 0 aromatic heterocycles. The van der Waals surface area contributed by atoms with E-state index in [4.69, 9.17) is 14.6 Å². The van der Waals surface area contributed by atoms with Gasteiger partial charge in [0, 0.05) is 27.3 Å². The van der Waals surface area contributed by atoms with Gasteiger partial charge in [-0.25, -0.2) is 0 Å². The Kier molecular flexibility index (Phi) is 9.64. The third kappa shape index (κ3) is 6.50. The van der Waals surface area contributed by atoms with E-state index in [1.165, 1.54) is 0 Å². The summed E-state index contributed by atoms with van der Waals surface area (Å²) in [7, 11) is 2.08. The van der Waals surface area contributed by atoms with Gasteiger partial charge in [-0.15, -0.1) is 0 Å². The van der Waals surface area contributed by atoms with E-state index in [0.29, 0.717) is 12.1 Å². The molecule has 1 unspecified atom stereocenters. The van der Waals surface area contributed by atoms with Crippen LogP contribution in [0.1, 0.15) is 19.8 Å². The summed E-state index contributed by atoms with van der Waals surface area (Å²) in [5.41, 5.74) is 5.94. The maximum absolute atomic E-state index is 5.37. The van der Waals surface area contributed by atoms with Crippen LogP contribution >= 0.6 is 0 Å². The fraction of sp³-hybridized carbons (Fsp3) is 1.00. The standard InChI is InChI=1S/C9H24N2O2Si/c1-9(14(12-2)13-3)5-4-7-11-8-6-10/h9,11,14H,4-8,10H2,1-3H3. The average Bonchev–Trinajstić information content (AvgIpc) is 2.19. The fourth-order valence-electron chi connectivity index (χ4n) is 1.47. The quantitative estimate of drug-likeness (QED) is 0.431. The summed E-state index contributed by atoms with van der Waals surface area (Å²) in [5, 5.41) is 3.27. The minimum absolute atomic E-state index is 0.574. The first-order valence-corrected chi connectivity index (χ1v) is 6.83. The number of rotatable bonds is 9. The van der Waals surface area contributed by atoms with Crippen LogP contribution in [-0.2, 0) is 8.85 Å². The van der Waals surface area contributed by atoms with Gasteiger partial charge in [0.2, 0.25) is 0 Å². The molecule has 3 N–H and O–H groups in total. The van der Waals surface area contributed by atoms with Crippen LogP contribution in [0.15, 0.2) is 0 Å². The Morgan fingerprint density at radius 1 is 1.29 bits per heavy atom. The molecule has 0 amide bonds. The van der Waals surface area contributed by atoms with E-state index in [2.05, 4.69) is 12.2 Å². The van der Waals surface area contributed by atoms with Crippen molar-refractivity contribution in [3.63, 3.8) is 0 Å². The van der Waals surface area contributed by atoms with Gasteiger partial charge in [-0.2, -0.15) is 0 Å². The molecule has 86 valence electrons. The van der Waals surface area contributed by atoms with Gasteiger partial charge in [-0.3, -0.25) is 0 Å².